The minimum atomic E-state index is 0.0568. The van der Waals surface area contributed by atoms with Crippen molar-refractivity contribution in [3.05, 3.63) is 0 Å². The van der Waals surface area contributed by atoms with Crippen LogP contribution in [0.15, 0.2) is 0 Å². The van der Waals surface area contributed by atoms with Gasteiger partial charge in [-0.25, -0.2) is 4.31 Å². The fourth-order valence-corrected chi connectivity index (χ4v) is 2.09. The highest BCUT2D eigenvalue weighted by molar-refractivity contribution is 7.96. The van der Waals surface area contributed by atoms with Crippen LogP contribution in [0.1, 0.15) is 0 Å². The summed E-state index contributed by atoms with van der Waals surface area (Å²) in [5, 5.41) is 0. The molecule has 2 rings (SSSR count). The number of hydrogen-bond donors (Lipinski definition) is 0. The Kier molecular flexibility index (Phi) is 2.10. The third-order valence-corrected chi connectivity index (χ3v) is 3.03. The average molecular weight is 175 g/mol. The number of rotatable bonds is 1. The van der Waals surface area contributed by atoms with Crippen LogP contribution >= 0.6 is 11.9 Å². The Hall–Kier alpha value is 0.230. The van der Waals surface area contributed by atoms with Crippen LogP contribution in [-0.4, -0.2) is 49.1 Å². The quantitative estimate of drug-likeness (QED) is 0.537. The molecule has 2 fully saturated rings. The second kappa shape index (κ2) is 2.94. The molecule has 0 N–H and O–H groups in total. The van der Waals surface area contributed by atoms with Gasteiger partial charge in [-0.15, -0.1) is 0 Å². The minimum Gasteiger partial charge on any atom is -0.375 e. The highest BCUT2D eigenvalue weighted by atomic mass is 32.2. The maximum Gasteiger partial charge on any atom is 0.128 e. The van der Waals surface area contributed by atoms with Crippen LogP contribution in [0, 0.1) is 0 Å². The summed E-state index contributed by atoms with van der Waals surface area (Å²) in [5.74, 6) is 0. The van der Waals surface area contributed by atoms with Gasteiger partial charge in [-0.1, -0.05) is 11.9 Å². The summed E-state index contributed by atoms with van der Waals surface area (Å²) in [5.41, 5.74) is 0.0568. The Morgan fingerprint density at radius 1 is 1.45 bits per heavy atom. The molecule has 4 heteroatoms. The van der Waals surface area contributed by atoms with Crippen LogP contribution < -0.4 is 0 Å². The largest absolute Gasteiger partial charge is 0.375 e. The van der Waals surface area contributed by atoms with Crippen molar-refractivity contribution in [3.63, 3.8) is 0 Å². The fraction of sp³-hybridized carbons (Fsp3) is 1.00. The molecule has 0 unspecified atom stereocenters. The predicted octanol–water partition coefficient (Wildman–Crippen LogP) is 0.366. The molecule has 0 aromatic heterocycles. The standard InChI is InChI=1S/C7H13NO2S/c1-11-8-2-3-10-7(4-8)5-9-6-7/h2-6H2,1H3. The SMILES string of the molecule is CSN1CCOC2(COC2)C1. The summed E-state index contributed by atoms with van der Waals surface area (Å²) < 4.78 is 13.1. The molecule has 0 atom stereocenters. The zero-order valence-electron chi connectivity index (χ0n) is 6.71. The van der Waals surface area contributed by atoms with Crippen molar-refractivity contribution in [1.29, 1.82) is 0 Å². The van der Waals surface area contributed by atoms with E-state index in [1.54, 1.807) is 11.9 Å². The van der Waals surface area contributed by atoms with E-state index in [2.05, 4.69) is 10.6 Å². The second-order valence-electron chi connectivity index (χ2n) is 3.07. The molecule has 0 aromatic rings. The lowest BCUT2D eigenvalue weighted by Crippen LogP contribution is -2.61. The van der Waals surface area contributed by atoms with E-state index < -0.39 is 0 Å². The molecular weight excluding hydrogens is 162 g/mol. The zero-order valence-corrected chi connectivity index (χ0v) is 7.52. The van der Waals surface area contributed by atoms with E-state index in [-0.39, 0.29) is 5.60 Å². The van der Waals surface area contributed by atoms with Gasteiger partial charge in [-0.3, -0.25) is 0 Å². The molecule has 0 saturated carbocycles. The van der Waals surface area contributed by atoms with Gasteiger partial charge in [0.05, 0.1) is 19.8 Å². The molecule has 0 bridgehead atoms. The van der Waals surface area contributed by atoms with Crippen LogP contribution in [0.5, 0.6) is 0 Å². The van der Waals surface area contributed by atoms with Crippen molar-refractivity contribution in [3.8, 4) is 0 Å². The third-order valence-electron chi connectivity index (χ3n) is 2.20. The van der Waals surface area contributed by atoms with Gasteiger partial charge in [0.25, 0.3) is 0 Å². The van der Waals surface area contributed by atoms with Gasteiger partial charge < -0.3 is 9.47 Å². The van der Waals surface area contributed by atoms with Gasteiger partial charge >= 0.3 is 0 Å². The molecular formula is C7H13NO2S. The Morgan fingerprint density at radius 2 is 2.27 bits per heavy atom. The first-order valence-electron chi connectivity index (χ1n) is 3.85. The van der Waals surface area contributed by atoms with Gasteiger partial charge in [0.1, 0.15) is 5.60 Å². The predicted molar refractivity (Wildman–Crippen MR) is 44.6 cm³/mol. The van der Waals surface area contributed by atoms with Crippen LogP contribution in [0.4, 0.5) is 0 Å². The first kappa shape index (κ1) is 7.86. The molecule has 64 valence electrons. The molecule has 0 amide bonds. The molecule has 11 heavy (non-hydrogen) atoms. The van der Waals surface area contributed by atoms with Gasteiger partial charge in [-0.2, -0.15) is 0 Å². The molecule has 0 aromatic carbocycles. The van der Waals surface area contributed by atoms with Crippen molar-refractivity contribution in [2.75, 3.05) is 39.2 Å². The molecule has 0 radical (unpaired) electrons. The number of nitrogens with zero attached hydrogens (tertiary/aromatic N) is 1. The van der Waals surface area contributed by atoms with E-state index in [9.17, 15) is 0 Å². The maximum atomic E-state index is 5.65. The zero-order chi connectivity index (χ0) is 7.73. The Morgan fingerprint density at radius 3 is 2.82 bits per heavy atom. The lowest BCUT2D eigenvalue weighted by molar-refractivity contribution is -0.227. The Bertz CT molecular complexity index is 149. The van der Waals surface area contributed by atoms with Crippen LogP contribution in [-0.2, 0) is 9.47 Å². The van der Waals surface area contributed by atoms with Crippen molar-refractivity contribution in [2.24, 2.45) is 0 Å². The van der Waals surface area contributed by atoms with Gasteiger partial charge in [-0.05, 0) is 6.26 Å². The Labute approximate surface area is 71.2 Å². The summed E-state index contributed by atoms with van der Waals surface area (Å²) in [4.78, 5) is 0. The van der Waals surface area contributed by atoms with E-state index in [0.29, 0.717) is 0 Å². The third kappa shape index (κ3) is 1.40. The number of morpholine rings is 1. The average Bonchev–Trinajstić information content (AvgIpc) is 2.02. The first-order chi connectivity index (χ1) is 5.35. The van der Waals surface area contributed by atoms with E-state index in [4.69, 9.17) is 9.47 Å². The monoisotopic (exact) mass is 175 g/mol. The smallest absolute Gasteiger partial charge is 0.128 e. The van der Waals surface area contributed by atoms with Crippen LogP contribution in [0.3, 0.4) is 0 Å². The lowest BCUT2D eigenvalue weighted by Gasteiger charge is -2.46. The fourth-order valence-electron chi connectivity index (χ4n) is 1.47. The topological polar surface area (TPSA) is 21.7 Å². The molecule has 2 aliphatic rings. The molecule has 0 aliphatic carbocycles. The number of hydrogen-bond acceptors (Lipinski definition) is 4. The number of ether oxygens (including phenoxy) is 2. The van der Waals surface area contributed by atoms with Gasteiger partial charge in [0, 0.05) is 13.1 Å². The summed E-state index contributed by atoms with van der Waals surface area (Å²) in [6.45, 7) is 4.48. The van der Waals surface area contributed by atoms with E-state index in [1.165, 1.54) is 0 Å². The normalized spacial score (nSPS) is 30.3. The molecule has 2 heterocycles. The Balaban J connectivity index is 1.92. The van der Waals surface area contributed by atoms with Crippen molar-refractivity contribution in [2.45, 2.75) is 5.60 Å². The molecule has 2 saturated heterocycles. The van der Waals surface area contributed by atoms with Crippen molar-refractivity contribution < 1.29 is 9.47 Å². The minimum absolute atomic E-state index is 0.0568. The summed E-state index contributed by atoms with van der Waals surface area (Å²) in [6, 6.07) is 0. The maximum absolute atomic E-state index is 5.65. The van der Waals surface area contributed by atoms with Crippen molar-refractivity contribution >= 4 is 11.9 Å². The highest BCUT2D eigenvalue weighted by Gasteiger charge is 2.43. The van der Waals surface area contributed by atoms with Crippen molar-refractivity contribution in [1.82, 2.24) is 4.31 Å². The highest BCUT2D eigenvalue weighted by Crippen LogP contribution is 2.28. The van der Waals surface area contributed by atoms with E-state index in [0.717, 1.165) is 32.9 Å². The van der Waals surface area contributed by atoms with Gasteiger partial charge in [0.15, 0.2) is 0 Å². The van der Waals surface area contributed by atoms with Crippen LogP contribution in [0.2, 0.25) is 0 Å². The van der Waals surface area contributed by atoms with E-state index >= 15 is 0 Å². The summed E-state index contributed by atoms with van der Waals surface area (Å²) >= 11 is 1.80. The molecule has 2 aliphatic heterocycles. The molecule has 1 spiro atoms. The second-order valence-corrected chi connectivity index (χ2v) is 3.95. The first-order valence-corrected chi connectivity index (χ1v) is 5.04. The lowest BCUT2D eigenvalue weighted by atomic mass is 10.0. The van der Waals surface area contributed by atoms with E-state index in [1.807, 2.05) is 0 Å². The summed E-state index contributed by atoms with van der Waals surface area (Å²) in [7, 11) is 0. The molecule has 3 nitrogen and oxygen atoms in total. The van der Waals surface area contributed by atoms with Gasteiger partial charge in [0.2, 0.25) is 0 Å². The summed E-state index contributed by atoms with van der Waals surface area (Å²) in [6.07, 6.45) is 2.11. The van der Waals surface area contributed by atoms with Crippen LogP contribution in [0.25, 0.3) is 0 Å².